The van der Waals surface area contributed by atoms with Crippen LogP contribution < -0.4 is 11.3 Å². The highest BCUT2D eigenvalue weighted by molar-refractivity contribution is 9.10. The van der Waals surface area contributed by atoms with Gasteiger partial charge >= 0.3 is 0 Å². The van der Waals surface area contributed by atoms with Crippen LogP contribution in [0.15, 0.2) is 28.1 Å². The molecule has 2 rings (SSSR count). The third-order valence-corrected chi connectivity index (χ3v) is 5.30. The number of benzene rings is 1. The first-order chi connectivity index (χ1) is 9.02. The predicted octanol–water partition coefficient (Wildman–Crippen LogP) is 4.36. The second-order valence-corrected chi connectivity index (χ2v) is 6.41. The fourth-order valence-corrected chi connectivity index (χ4v) is 3.63. The SMILES string of the molecule is Cc1csc(C(Cc2ccc(F)c(Br)c2)NN)c1Cl. The lowest BCUT2D eigenvalue weighted by molar-refractivity contribution is 0.558. The zero-order chi connectivity index (χ0) is 14.0. The van der Waals surface area contributed by atoms with Crippen molar-refractivity contribution in [2.24, 2.45) is 5.84 Å². The van der Waals surface area contributed by atoms with Crippen molar-refractivity contribution in [1.29, 1.82) is 0 Å². The van der Waals surface area contributed by atoms with E-state index in [1.807, 2.05) is 12.3 Å². The molecule has 1 aromatic heterocycles. The van der Waals surface area contributed by atoms with Gasteiger partial charge in [0.2, 0.25) is 0 Å². The monoisotopic (exact) mass is 362 g/mol. The van der Waals surface area contributed by atoms with Gasteiger partial charge in [-0.05, 0) is 57.9 Å². The van der Waals surface area contributed by atoms with E-state index >= 15 is 0 Å². The first-order valence-electron chi connectivity index (χ1n) is 5.66. The van der Waals surface area contributed by atoms with Gasteiger partial charge in [0, 0.05) is 4.88 Å². The number of nitrogens with two attached hydrogens (primary N) is 1. The Morgan fingerprint density at radius 2 is 2.26 bits per heavy atom. The maximum Gasteiger partial charge on any atom is 0.137 e. The molecular formula is C13H13BrClFN2S. The Kier molecular flexibility index (Phi) is 4.97. The fraction of sp³-hybridized carbons (Fsp3) is 0.231. The summed E-state index contributed by atoms with van der Waals surface area (Å²) in [5.74, 6) is 5.34. The lowest BCUT2D eigenvalue weighted by atomic mass is 10.0. The number of rotatable bonds is 4. The molecule has 1 unspecified atom stereocenters. The molecule has 19 heavy (non-hydrogen) atoms. The summed E-state index contributed by atoms with van der Waals surface area (Å²) in [7, 11) is 0. The van der Waals surface area contributed by atoms with Gasteiger partial charge in [0.15, 0.2) is 0 Å². The minimum absolute atomic E-state index is 0.0800. The van der Waals surface area contributed by atoms with Crippen LogP contribution in [0, 0.1) is 12.7 Å². The molecule has 0 aliphatic heterocycles. The second kappa shape index (κ2) is 6.33. The van der Waals surface area contributed by atoms with Crippen LogP contribution in [-0.2, 0) is 6.42 Å². The van der Waals surface area contributed by atoms with E-state index in [-0.39, 0.29) is 11.9 Å². The van der Waals surface area contributed by atoms with E-state index in [2.05, 4.69) is 21.4 Å². The molecule has 0 saturated heterocycles. The zero-order valence-electron chi connectivity index (χ0n) is 10.2. The molecular weight excluding hydrogens is 351 g/mol. The molecule has 2 aromatic rings. The molecule has 1 atom stereocenters. The normalized spacial score (nSPS) is 12.7. The maximum absolute atomic E-state index is 13.2. The molecule has 1 aromatic carbocycles. The minimum Gasteiger partial charge on any atom is -0.271 e. The van der Waals surface area contributed by atoms with Crippen molar-refractivity contribution in [3.8, 4) is 0 Å². The van der Waals surface area contributed by atoms with Crippen molar-refractivity contribution in [2.45, 2.75) is 19.4 Å². The number of aryl methyl sites for hydroxylation is 1. The molecule has 2 nitrogen and oxygen atoms in total. The number of hydrogen-bond donors (Lipinski definition) is 2. The highest BCUT2D eigenvalue weighted by Crippen LogP contribution is 2.34. The molecule has 0 amide bonds. The number of nitrogens with one attached hydrogen (secondary N) is 1. The van der Waals surface area contributed by atoms with E-state index in [1.54, 1.807) is 23.5 Å². The van der Waals surface area contributed by atoms with Gasteiger partial charge in [0.1, 0.15) is 5.82 Å². The lowest BCUT2D eigenvalue weighted by Crippen LogP contribution is -2.29. The van der Waals surface area contributed by atoms with Gasteiger partial charge in [-0.25, -0.2) is 4.39 Å². The van der Waals surface area contributed by atoms with Gasteiger partial charge in [0.25, 0.3) is 0 Å². The molecule has 102 valence electrons. The topological polar surface area (TPSA) is 38.0 Å². The van der Waals surface area contributed by atoms with E-state index in [0.29, 0.717) is 10.9 Å². The summed E-state index contributed by atoms with van der Waals surface area (Å²) >= 11 is 11.0. The Balaban J connectivity index is 2.24. The average molecular weight is 364 g/mol. The van der Waals surface area contributed by atoms with Crippen molar-refractivity contribution in [1.82, 2.24) is 5.43 Å². The molecule has 0 aliphatic carbocycles. The molecule has 0 saturated carbocycles. The molecule has 0 spiro atoms. The van der Waals surface area contributed by atoms with Gasteiger partial charge in [-0.2, -0.15) is 0 Å². The molecule has 3 N–H and O–H groups in total. The number of hydrogen-bond acceptors (Lipinski definition) is 3. The quantitative estimate of drug-likeness (QED) is 0.626. The Morgan fingerprint density at radius 1 is 1.53 bits per heavy atom. The van der Waals surface area contributed by atoms with E-state index in [9.17, 15) is 4.39 Å². The summed E-state index contributed by atoms with van der Waals surface area (Å²) in [4.78, 5) is 1.00. The summed E-state index contributed by atoms with van der Waals surface area (Å²) in [6, 6.07) is 4.87. The van der Waals surface area contributed by atoms with Gasteiger partial charge in [-0.15, -0.1) is 11.3 Å². The Labute approximate surface area is 128 Å². The van der Waals surface area contributed by atoms with Crippen LogP contribution in [-0.4, -0.2) is 0 Å². The van der Waals surface area contributed by atoms with Crippen LogP contribution in [0.4, 0.5) is 4.39 Å². The van der Waals surface area contributed by atoms with Crippen LogP contribution in [0.1, 0.15) is 22.0 Å². The number of halogens is 3. The van der Waals surface area contributed by atoms with E-state index in [1.165, 1.54) is 6.07 Å². The molecule has 0 aliphatic rings. The van der Waals surface area contributed by atoms with Gasteiger partial charge in [0.05, 0.1) is 15.5 Å². The highest BCUT2D eigenvalue weighted by atomic mass is 79.9. The largest absolute Gasteiger partial charge is 0.271 e. The smallest absolute Gasteiger partial charge is 0.137 e. The van der Waals surface area contributed by atoms with Crippen molar-refractivity contribution in [2.75, 3.05) is 0 Å². The van der Waals surface area contributed by atoms with Crippen LogP contribution in [0.2, 0.25) is 5.02 Å². The lowest BCUT2D eigenvalue weighted by Gasteiger charge is -2.15. The third kappa shape index (κ3) is 3.35. The first-order valence-corrected chi connectivity index (χ1v) is 7.71. The van der Waals surface area contributed by atoms with Crippen LogP contribution >= 0.6 is 38.9 Å². The minimum atomic E-state index is -0.272. The Bertz CT molecular complexity index is 588. The highest BCUT2D eigenvalue weighted by Gasteiger charge is 2.17. The second-order valence-electron chi connectivity index (χ2n) is 4.27. The summed E-state index contributed by atoms with van der Waals surface area (Å²) < 4.78 is 13.7. The number of thiophene rings is 1. The molecule has 0 bridgehead atoms. The Morgan fingerprint density at radius 3 is 2.79 bits per heavy atom. The van der Waals surface area contributed by atoms with E-state index < -0.39 is 0 Å². The van der Waals surface area contributed by atoms with E-state index in [4.69, 9.17) is 17.4 Å². The van der Waals surface area contributed by atoms with Gasteiger partial charge in [-0.1, -0.05) is 17.7 Å². The first kappa shape index (κ1) is 14.9. The average Bonchev–Trinajstić information content (AvgIpc) is 2.72. The van der Waals surface area contributed by atoms with Crippen LogP contribution in [0.3, 0.4) is 0 Å². The van der Waals surface area contributed by atoms with Gasteiger partial charge in [-0.3, -0.25) is 11.3 Å². The van der Waals surface area contributed by atoms with Crippen molar-refractivity contribution < 1.29 is 4.39 Å². The molecule has 0 fully saturated rings. The molecule has 1 heterocycles. The third-order valence-electron chi connectivity index (χ3n) is 2.87. The standard InChI is InChI=1S/C13H13BrClFN2S/c1-7-6-19-13(12(7)15)11(18-17)5-8-2-3-10(16)9(14)4-8/h2-4,6,11,18H,5,17H2,1H3. The van der Waals surface area contributed by atoms with Crippen molar-refractivity contribution in [3.05, 3.63) is 54.9 Å². The van der Waals surface area contributed by atoms with Crippen LogP contribution in [0.5, 0.6) is 0 Å². The van der Waals surface area contributed by atoms with Crippen molar-refractivity contribution in [3.63, 3.8) is 0 Å². The maximum atomic E-state index is 13.2. The molecule has 0 radical (unpaired) electrons. The summed E-state index contributed by atoms with van der Waals surface area (Å²) in [5.41, 5.74) is 4.80. The van der Waals surface area contributed by atoms with Crippen molar-refractivity contribution >= 4 is 38.9 Å². The summed E-state index contributed by atoms with van der Waals surface area (Å²) in [6.07, 6.45) is 0.648. The summed E-state index contributed by atoms with van der Waals surface area (Å²) in [6.45, 7) is 1.96. The van der Waals surface area contributed by atoms with E-state index in [0.717, 1.165) is 21.0 Å². The summed E-state index contributed by atoms with van der Waals surface area (Å²) in [5, 5.41) is 2.75. The zero-order valence-corrected chi connectivity index (χ0v) is 13.4. The Hall–Kier alpha value is -0.460. The fourth-order valence-electron chi connectivity index (χ4n) is 1.81. The predicted molar refractivity (Wildman–Crippen MR) is 81.9 cm³/mol. The van der Waals surface area contributed by atoms with Gasteiger partial charge < -0.3 is 0 Å². The van der Waals surface area contributed by atoms with Crippen LogP contribution in [0.25, 0.3) is 0 Å². The molecule has 6 heteroatoms. The number of hydrazine groups is 1.